The number of para-hydroxylation sites is 1. The maximum atomic E-state index is 11.0. The molecule has 22 heavy (non-hydrogen) atoms. The van der Waals surface area contributed by atoms with Gasteiger partial charge in [0.05, 0.1) is 0 Å². The summed E-state index contributed by atoms with van der Waals surface area (Å²) in [6.07, 6.45) is 1.37. The summed E-state index contributed by atoms with van der Waals surface area (Å²) in [5.74, 6) is 0.367. The van der Waals surface area contributed by atoms with E-state index in [9.17, 15) is 4.79 Å². The van der Waals surface area contributed by atoms with E-state index in [1.54, 1.807) is 6.92 Å². The van der Waals surface area contributed by atoms with Gasteiger partial charge in [0.25, 0.3) is 0 Å². The van der Waals surface area contributed by atoms with E-state index in [1.807, 2.05) is 24.3 Å². The van der Waals surface area contributed by atoms with Gasteiger partial charge in [-0.15, -0.1) is 0 Å². The SMILES string of the molecule is CC(Oc1ccccc1CN(C)CC1CCOCC1)C(=O)O. The average Bonchev–Trinajstić information content (AvgIpc) is 2.50. The molecule has 1 fully saturated rings. The standard InChI is InChI=1S/C17H25NO4/c1-13(17(19)20)22-16-6-4-3-5-15(16)12-18(2)11-14-7-9-21-10-8-14/h3-6,13-14H,7-12H2,1-2H3,(H,19,20). The van der Waals surface area contributed by atoms with Crippen LogP contribution in [-0.2, 0) is 16.1 Å². The highest BCUT2D eigenvalue weighted by Gasteiger charge is 2.18. The Bertz CT molecular complexity index is 485. The van der Waals surface area contributed by atoms with Crippen LogP contribution in [0.25, 0.3) is 0 Å². The summed E-state index contributed by atoms with van der Waals surface area (Å²) in [6.45, 7) is 5.03. The Morgan fingerprint density at radius 2 is 2.09 bits per heavy atom. The molecule has 1 atom stereocenters. The Morgan fingerprint density at radius 1 is 1.41 bits per heavy atom. The number of hydrogen-bond acceptors (Lipinski definition) is 4. The predicted molar refractivity (Wildman–Crippen MR) is 84.0 cm³/mol. The lowest BCUT2D eigenvalue weighted by molar-refractivity contribution is -0.144. The molecule has 122 valence electrons. The molecule has 0 saturated carbocycles. The fourth-order valence-electron chi connectivity index (χ4n) is 2.72. The van der Waals surface area contributed by atoms with Crippen molar-refractivity contribution in [2.75, 3.05) is 26.8 Å². The number of aliphatic carboxylic acids is 1. The second-order valence-corrected chi connectivity index (χ2v) is 5.96. The molecule has 0 aromatic heterocycles. The van der Waals surface area contributed by atoms with Crippen molar-refractivity contribution < 1.29 is 19.4 Å². The van der Waals surface area contributed by atoms with Crippen LogP contribution in [0, 0.1) is 5.92 Å². The van der Waals surface area contributed by atoms with Crippen molar-refractivity contribution in [1.29, 1.82) is 0 Å². The summed E-state index contributed by atoms with van der Waals surface area (Å²) >= 11 is 0. The Kier molecular flexibility index (Phi) is 6.21. The zero-order chi connectivity index (χ0) is 15.9. The van der Waals surface area contributed by atoms with Crippen LogP contribution in [-0.4, -0.2) is 48.9 Å². The maximum absolute atomic E-state index is 11.0. The van der Waals surface area contributed by atoms with Gasteiger partial charge in [0, 0.05) is 31.9 Å². The molecule has 1 heterocycles. The highest BCUT2D eigenvalue weighted by molar-refractivity contribution is 5.72. The lowest BCUT2D eigenvalue weighted by Crippen LogP contribution is -2.30. The molecule has 5 nitrogen and oxygen atoms in total. The van der Waals surface area contributed by atoms with Gasteiger partial charge in [-0.2, -0.15) is 0 Å². The minimum Gasteiger partial charge on any atom is -0.479 e. The van der Waals surface area contributed by atoms with Gasteiger partial charge in [0.15, 0.2) is 6.10 Å². The molecule has 1 N–H and O–H groups in total. The highest BCUT2D eigenvalue weighted by atomic mass is 16.5. The van der Waals surface area contributed by atoms with Gasteiger partial charge >= 0.3 is 5.97 Å². The third kappa shape index (κ3) is 5.00. The van der Waals surface area contributed by atoms with Crippen LogP contribution in [0.2, 0.25) is 0 Å². The van der Waals surface area contributed by atoms with E-state index in [2.05, 4.69) is 11.9 Å². The fourth-order valence-corrected chi connectivity index (χ4v) is 2.72. The Morgan fingerprint density at radius 3 is 2.77 bits per heavy atom. The Hall–Kier alpha value is -1.59. The zero-order valence-corrected chi connectivity index (χ0v) is 13.3. The zero-order valence-electron chi connectivity index (χ0n) is 13.3. The first-order valence-corrected chi connectivity index (χ1v) is 7.80. The van der Waals surface area contributed by atoms with Gasteiger partial charge < -0.3 is 19.5 Å². The van der Waals surface area contributed by atoms with Gasteiger partial charge in [-0.05, 0) is 38.8 Å². The topological polar surface area (TPSA) is 59.0 Å². The number of hydrogen-bond donors (Lipinski definition) is 1. The van der Waals surface area contributed by atoms with Crippen molar-refractivity contribution in [3.05, 3.63) is 29.8 Å². The summed E-state index contributed by atoms with van der Waals surface area (Å²) in [7, 11) is 2.09. The van der Waals surface area contributed by atoms with E-state index < -0.39 is 12.1 Å². The molecule has 0 amide bonds. The van der Waals surface area contributed by atoms with E-state index in [0.29, 0.717) is 11.7 Å². The quantitative estimate of drug-likeness (QED) is 0.838. The van der Waals surface area contributed by atoms with E-state index in [4.69, 9.17) is 14.6 Å². The van der Waals surface area contributed by atoms with Crippen molar-refractivity contribution in [2.45, 2.75) is 32.4 Å². The number of rotatable bonds is 7. The Labute approximate surface area is 131 Å². The largest absolute Gasteiger partial charge is 0.479 e. The molecule has 0 aliphatic carbocycles. The molecule has 1 aliphatic heterocycles. The molecular formula is C17H25NO4. The maximum Gasteiger partial charge on any atom is 0.344 e. The molecule has 0 spiro atoms. The number of carboxylic acid groups (broad SMARTS) is 1. The second kappa shape index (κ2) is 8.15. The third-order valence-corrected chi connectivity index (χ3v) is 3.98. The van der Waals surface area contributed by atoms with E-state index in [-0.39, 0.29) is 0 Å². The fraction of sp³-hybridized carbons (Fsp3) is 0.588. The van der Waals surface area contributed by atoms with Gasteiger partial charge in [0.2, 0.25) is 0 Å². The lowest BCUT2D eigenvalue weighted by atomic mass is 9.99. The van der Waals surface area contributed by atoms with Crippen LogP contribution in [0.3, 0.4) is 0 Å². The molecule has 1 aromatic rings. The van der Waals surface area contributed by atoms with Crippen molar-refractivity contribution in [3.8, 4) is 5.75 Å². The van der Waals surface area contributed by atoms with Crippen LogP contribution in [0.4, 0.5) is 0 Å². The van der Waals surface area contributed by atoms with Crippen LogP contribution in [0.5, 0.6) is 5.75 Å². The summed E-state index contributed by atoms with van der Waals surface area (Å²) in [4.78, 5) is 13.2. The smallest absolute Gasteiger partial charge is 0.344 e. The predicted octanol–water partition coefficient (Wildman–Crippen LogP) is 2.40. The summed E-state index contributed by atoms with van der Waals surface area (Å²) in [5, 5.41) is 8.99. The van der Waals surface area contributed by atoms with Crippen LogP contribution >= 0.6 is 0 Å². The lowest BCUT2D eigenvalue weighted by Gasteiger charge is -2.27. The third-order valence-electron chi connectivity index (χ3n) is 3.98. The first kappa shape index (κ1) is 16.8. The van der Waals surface area contributed by atoms with Crippen molar-refractivity contribution in [1.82, 2.24) is 4.90 Å². The van der Waals surface area contributed by atoms with Gasteiger partial charge in [0.1, 0.15) is 5.75 Å². The average molecular weight is 307 g/mol. The number of nitrogens with zero attached hydrogens (tertiary/aromatic N) is 1. The second-order valence-electron chi connectivity index (χ2n) is 5.96. The highest BCUT2D eigenvalue weighted by Crippen LogP contribution is 2.22. The van der Waals surface area contributed by atoms with E-state index in [0.717, 1.165) is 44.7 Å². The van der Waals surface area contributed by atoms with E-state index >= 15 is 0 Å². The molecule has 2 rings (SSSR count). The summed E-state index contributed by atoms with van der Waals surface area (Å²) in [5.41, 5.74) is 1.02. The Balaban J connectivity index is 1.94. The minimum absolute atomic E-state index is 0.649. The first-order valence-electron chi connectivity index (χ1n) is 7.80. The summed E-state index contributed by atoms with van der Waals surface area (Å²) < 4.78 is 10.9. The van der Waals surface area contributed by atoms with Crippen LogP contribution < -0.4 is 4.74 Å². The first-order chi connectivity index (χ1) is 10.6. The van der Waals surface area contributed by atoms with Crippen molar-refractivity contribution >= 4 is 5.97 Å². The molecule has 0 bridgehead atoms. The van der Waals surface area contributed by atoms with Crippen molar-refractivity contribution in [2.24, 2.45) is 5.92 Å². The molecule has 5 heteroatoms. The number of carbonyl (C=O) groups is 1. The van der Waals surface area contributed by atoms with Gasteiger partial charge in [-0.25, -0.2) is 4.79 Å². The van der Waals surface area contributed by atoms with Crippen molar-refractivity contribution in [3.63, 3.8) is 0 Å². The molecule has 1 aromatic carbocycles. The summed E-state index contributed by atoms with van der Waals surface area (Å²) in [6, 6.07) is 7.64. The number of carboxylic acids is 1. The normalized spacial score (nSPS) is 17.4. The van der Waals surface area contributed by atoms with Gasteiger partial charge in [-0.3, -0.25) is 0 Å². The van der Waals surface area contributed by atoms with Crippen LogP contribution in [0.1, 0.15) is 25.3 Å². The monoisotopic (exact) mass is 307 g/mol. The molecule has 0 radical (unpaired) electrons. The van der Waals surface area contributed by atoms with Gasteiger partial charge in [-0.1, -0.05) is 18.2 Å². The number of ether oxygens (including phenoxy) is 2. The van der Waals surface area contributed by atoms with E-state index in [1.165, 1.54) is 0 Å². The molecule has 1 unspecified atom stereocenters. The molecular weight excluding hydrogens is 282 g/mol. The number of benzene rings is 1. The molecule has 1 saturated heterocycles. The minimum atomic E-state index is -0.953. The molecule has 1 aliphatic rings. The van der Waals surface area contributed by atoms with Crippen LogP contribution in [0.15, 0.2) is 24.3 Å².